The Morgan fingerprint density at radius 3 is 2.25 bits per heavy atom. The maximum atomic E-state index is 12.6. The van der Waals surface area contributed by atoms with Gasteiger partial charge in [-0.3, -0.25) is 4.79 Å². The molecule has 0 unspecified atom stereocenters. The summed E-state index contributed by atoms with van der Waals surface area (Å²) < 4.78 is 10.6. The molecule has 144 valence electrons. The number of aromatic nitrogens is 2. The predicted octanol–water partition coefficient (Wildman–Crippen LogP) is 4.19. The van der Waals surface area contributed by atoms with Crippen LogP contribution in [0.25, 0.3) is 0 Å². The van der Waals surface area contributed by atoms with Gasteiger partial charge in [0.2, 0.25) is 5.95 Å². The SMILES string of the molecule is CCOc1ccc(NC(=O)c2cc(C)nc(Nc3ccc(OC)cc3)n2)cc1. The van der Waals surface area contributed by atoms with Crippen molar-refractivity contribution in [2.45, 2.75) is 13.8 Å². The lowest BCUT2D eigenvalue weighted by Gasteiger charge is -2.10. The van der Waals surface area contributed by atoms with Gasteiger partial charge in [-0.05, 0) is 68.4 Å². The van der Waals surface area contributed by atoms with Crippen molar-refractivity contribution >= 4 is 23.2 Å². The molecule has 0 aliphatic rings. The summed E-state index contributed by atoms with van der Waals surface area (Å²) in [6.07, 6.45) is 0. The Labute approximate surface area is 163 Å². The molecule has 1 amide bonds. The second-order valence-electron chi connectivity index (χ2n) is 5.98. The number of hydrogen-bond acceptors (Lipinski definition) is 6. The fourth-order valence-corrected chi connectivity index (χ4v) is 2.54. The predicted molar refractivity (Wildman–Crippen MR) is 109 cm³/mol. The second kappa shape index (κ2) is 8.85. The average molecular weight is 378 g/mol. The Morgan fingerprint density at radius 1 is 0.964 bits per heavy atom. The molecule has 7 nitrogen and oxygen atoms in total. The first-order chi connectivity index (χ1) is 13.6. The number of hydrogen-bond donors (Lipinski definition) is 2. The van der Waals surface area contributed by atoms with E-state index in [9.17, 15) is 4.79 Å². The van der Waals surface area contributed by atoms with E-state index in [1.54, 1.807) is 37.4 Å². The summed E-state index contributed by atoms with van der Waals surface area (Å²) in [5, 5.41) is 5.93. The first-order valence-corrected chi connectivity index (χ1v) is 8.88. The van der Waals surface area contributed by atoms with Crippen molar-refractivity contribution in [1.29, 1.82) is 0 Å². The number of ether oxygens (including phenoxy) is 2. The number of aryl methyl sites for hydroxylation is 1. The molecular weight excluding hydrogens is 356 g/mol. The quantitative estimate of drug-likeness (QED) is 0.641. The minimum Gasteiger partial charge on any atom is -0.497 e. The van der Waals surface area contributed by atoms with E-state index >= 15 is 0 Å². The van der Waals surface area contributed by atoms with E-state index < -0.39 is 0 Å². The van der Waals surface area contributed by atoms with Crippen LogP contribution in [0.3, 0.4) is 0 Å². The zero-order valence-corrected chi connectivity index (χ0v) is 16.0. The van der Waals surface area contributed by atoms with E-state index in [0.29, 0.717) is 23.9 Å². The largest absolute Gasteiger partial charge is 0.497 e. The highest BCUT2D eigenvalue weighted by atomic mass is 16.5. The van der Waals surface area contributed by atoms with Crippen LogP contribution in [0.4, 0.5) is 17.3 Å². The number of methoxy groups -OCH3 is 1. The van der Waals surface area contributed by atoms with Gasteiger partial charge in [0.05, 0.1) is 13.7 Å². The van der Waals surface area contributed by atoms with Crippen LogP contribution in [-0.2, 0) is 0 Å². The normalized spacial score (nSPS) is 10.2. The molecule has 0 aliphatic heterocycles. The van der Waals surface area contributed by atoms with Crippen molar-refractivity contribution in [3.8, 4) is 11.5 Å². The number of nitrogens with zero attached hydrogens (tertiary/aromatic N) is 2. The van der Waals surface area contributed by atoms with Gasteiger partial charge in [-0.15, -0.1) is 0 Å². The van der Waals surface area contributed by atoms with Crippen LogP contribution in [0.5, 0.6) is 11.5 Å². The number of carbonyl (C=O) groups excluding carboxylic acids is 1. The third kappa shape index (κ3) is 4.97. The monoisotopic (exact) mass is 378 g/mol. The highest BCUT2D eigenvalue weighted by molar-refractivity contribution is 6.03. The summed E-state index contributed by atoms with van der Waals surface area (Å²) in [6, 6.07) is 16.2. The van der Waals surface area contributed by atoms with Gasteiger partial charge in [-0.1, -0.05) is 0 Å². The van der Waals surface area contributed by atoms with Crippen molar-refractivity contribution in [2.24, 2.45) is 0 Å². The van der Waals surface area contributed by atoms with Crippen molar-refractivity contribution in [3.05, 3.63) is 66.0 Å². The number of anilines is 3. The zero-order valence-electron chi connectivity index (χ0n) is 16.0. The van der Waals surface area contributed by atoms with Gasteiger partial charge in [0.1, 0.15) is 17.2 Å². The van der Waals surface area contributed by atoms with Crippen LogP contribution in [0.2, 0.25) is 0 Å². The van der Waals surface area contributed by atoms with Gasteiger partial charge >= 0.3 is 0 Å². The maximum Gasteiger partial charge on any atom is 0.274 e. The average Bonchev–Trinajstić information content (AvgIpc) is 2.70. The highest BCUT2D eigenvalue weighted by Crippen LogP contribution is 2.19. The van der Waals surface area contributed by atoms with E-state index in [2.05, 4.69) is 20.6 Å². The molecule has 0 atom stereocenters. The van der Waals surface area contributed by atoms with E-state index in [1.165, 1.54) is 0 Å². The number of amides is 1. The van der Waals surface area contributed by atoms with Gasteiger partial charge < -0.3 is 20.1 Å². The Bertz CT molecular complexity index is 941. The Kier molecular flexibility index (Phi) is 6.06. The molecular formula is C21H22N4O3. The molecule has 0 fully saturated rings. The summed E-state index contributed by atoms with van der Waals surface area (Å²) in [7, 11) is 1.61. The van der Waals surface area contributed by atoms with E-state index in [-0.39, 0.29) is 11.6 Å². The van der Waals surface area contributed by atoms with Gasteiger partial charge in [0.25, 0.3) is 5.91 Å². The van der Waals surface area contributed by atoms with Crippen molar-refractivity contribution in [3.63, 3.8) is 0 Å². The molecule has 0 bridgehead atoms. The third-order valence-corrected chi connectivity index (χ3v) is 3.86. The molecule has 0 saturated carbocycles. The maximum absolute atomic E-state index is 12.6. The van der Waals surface area contributed by atoms with Gasteiger partial charge in [0.15, 0.2) is 0 Å². The lowest BCUT2D eigenvalue weighted by Crippen LogP contribution is -2.15. The molecule has 3 rings (SSSR count). The zero-order chi connectivity index (χ0) is 19.9. The molecule has 2 N–H and O–H groups in total. The Hall–Kier alpha value is -3.61. The molecule has 0 spiro atoms. The number of benzene rings is 2. The second-order valence-corrected chi connectivity index (χ2v) is 5.98. The van der Waals surface area contributed by atoms with Crippen molar-refractivity contribution in [1.82, 2.24) is 9.97 Å². The molecule has 28 heavy (non-hydrogen) atoms. The van der Waals surface area contributed by atoms with E-state index in [1.807, 2.05) is 38.1 Å². The van der Waals surface area contributed by atoms with Crippen LogP contribution >= 0.6 is 0 Å². The number of carbonyl (C=O) groups is 1. The Morgan fingerprint density at radius 2 is 1.61 bits per heavy atom. The minimum absolute atomic E-state index is 0.275. The molecule has 0 radical (unpaired) electrons. The van der Waals surface area contributed by atoms with E-state index in [4.69, 9.17) is 9.47 Å². The van der Waals surface area contributed by atoms with Gasteiger partial charge in [-0.2, -0.15) is 0 Å². The van der Waals surface area contributed by atoms with Crippen LogP contribution in [-0.4, -0.2) is 29.6 Å². The first kappa shape index (κ1) is 19.2. The molecule has 2 aromatic carbocycles. The van der Waals surface area contributed by atoms with E-state index in [0.717, 1.165) is 17.2 Å². The highest BCUT2D eigenvalue weighted by Gasteiger charge is 2.11. The van der Waals surface area contributed by atoms with Gasteiger partial charge in [-0.25, -0.2) is 9.97 Å². The molecule has 1 heterocycles. The van der Waals surface area contributed by atoms with Crippen LogP contribution in [0.15, 0.2) is 54.6 Å². The standard InChI is InChI=1S/C21H22N4O3/c1-4-28-18-11-7-15(8-12-18)23-20(26)19-13-14(2)22-21(25-19)24-16-5-9-17(27-3)10-6-16/h5-13H,4H2,1-3H3,(H,23,26)(H,22,24,25). The third-order valence-electron chi connectivity index (χ3n) is 3.86. The van der Waals surface area contributed by atoms with Crippen LogP contribution in [0.1, 0.15) is 23.1 Å². The summed E-state index contributed by atoms with van der Waals surface area (Å²) in [6.45, 7) is 4.33. The minimum atomic E-state index is -0.313. The first-order valence-electron chi connectivity index (χ1n) is 8.88. The number of nitrogens with one attached hydrogen (secondary N) is 2. The lowest BCUT2D eigenvalue weighted by atomic mass is 10.2. The molecule has 1 aromatic heterocycles. The van der Waals surface area contributed by atoms with Gasteiger partial charge in [0, 0.05) is 17.1 Å². The summed E-state index contributed by atoms with van der Waals surface area (Å²) >= 11 is 0. The fraction of sp³-hybridized carbons (Fsp3) is 0.190. The molecule has 0 saturated heterocycles. The topological polar surface area (TPSA) is 85.4 Å². The van der Waals surface area contributed by atoms with Crippen molar-refractivity contribution < 1.29 is 14.3 Å². The van der Waals surface area contributed by atoms with Crippen LogP contribution < -0.4 is 20.1 Å². The lowest BCUT2D eigenvalue weighted by molar-refractivity contribution is 0.102. The molecule has 0 aliphatic carbocycles. The smallest absolute Gasteiger partial charge is 0.274 e. The summed E-state index contributed by atoms with van der Waals surface area (Å²) in [4.78, 5) is 21.3. The number of rotatable bonds is 7. The Balaban J connectivity index is 1.73. The summed E-state index contributed by atoms with van der Waals surface area (Å²) in [5.74, 6) is 1.55. The molecule has 7 heteroatoms. The molecule has 3 aromatic rings. The summed E-state index contributed by atoms with van der Waals surface area (Å²) in [5.41, 5.74) is 2.42. The van der Waals surface area contributed by atoms with Crippen LogP contribution in [0, 0.1) is 6.92 Å². The van der Waals surface area contributed by atoms with Crippen molar-refractivity contribution in [2.75, 3.05) is 24.4 Å². The fourth-order valence-electron chi connectivity index (χ4n) is 2.54.